The van der Waals surface area contributed by atoms with Crippen molar-refractivity contribution < 1.29 is 14.6 Å². The molecule has 5 nitrogen and oxygen atoms in total. The fourth-order valence-electron chi connectivity index (χ4n) is 1.75. The third-order valence-electron chi connectivity index (χ3n) is 2.73. The van der Waals surface area contributed by atoms with Gasteiger partial charge in [0.05, 0.1) is 7.11 Å². The lowest BCUT2D eigenvalue weighted by atomic mass is 10.2. The Bertz CT molecular complexity index is 396. The minimum absolute atomic E-state index is 0.447. The standard InChI is InChI=1S/C13H20N2O3/c1-14-12(13(16)17)9-15(2)8-10-5-4-6-11(7-10)18-3/h4-7,12,14H,8-9H2,1-3H3,(H,16,17). The van der Waals surface area contributed by atoms with E-state index in [0.29, 0.717) is 13.1 Å². The van der Waals surface area contributed by atoms with E-state index in [9.17, 15) is 4.79 Å². The Morgan fingerprint density at radius 2 is 2.28 bits per heavy atom. The Hall–Kier alpha value is -1.59. The molecule has 1 atom stereocenters. The molecule has 0 spiro atoms. The highest BCUT2D eigenvalue weighted by molar-refractivity contribution is 5.73. The predicted octanol–water partition coefficient (Wildman–Crippen LogP) is 0.800. The van der Waals surface area contributed by atoms with E-state index in [1.165, 1.54) is 0 Å². The summed E-state index contributed by atoms with van der Waals surface area (Å²) < 4.78 is 5.15. The van der Waals surface area contributed by atoms with Gasteiger partial charge in [-0.3, -0.25) is 9.69 Å². The highest BCUT2D eigenvalue weighted by Gasteiger charge is 2.16. The van der Waals surface area contributed by atoms with Crippen molar-refractivity contribution in [1.29, 1.82) is 0 Å². The number of likely N-dealkylation sites (N-methyl/N-ethyl adjacent to an activating group) is 2. The zero-order valence-electron chi connectivity index (χ0n) is 11.0. The van der Waals surface area contributed by atoms with Crippen molar-refractivity contribution in [3.8, 4) is 5.75 Å². The fraction of sp³-hybridized carbons (Fsp3) is 0.462. The number of carbonyl (C=O) groups is 1. The smallest absolute Gasteiger partial charge is 0.322 e. The van der Waals surface area contributed by atoms with Gasteiger partial charge in [-0.1, -0.05) is 12.1 Å². The summed E-state index contributed by atoms with van der Waals surface area (Å²) in [5.74, 6) is -0.0284. The molecule has 0 aliphatic carbocycles. The van der Waals surface area contributed by atoms with Crippen LogP contribution in [0.15, 0.2) is 24.3 Å². The topological polar surface area (TPSA) is 61.8 Å². The van der Waals surface area contributed by atoms with E-state index in [2.05, 4.69) is 5.32 Å². The van der Waals surface area contributed by atoms with Gasteiger partial charge in [0.2, 0.25) is 0 Å². The van der Waals surface area contributed by atoms with Crippen molar-refractivity contribution in [2.24, 2.45) is 0 Å². The van der Waals surface area contributed by atoms with Crippen LogP contribution in [0.2, 0.25) is 0 Å². The van der Waals surface area contributed by atoms with Gasteiger partial charge in [0, 0.05) is 13.1 Å². The van der Waals surface area contributed by atoms with Crippen LogP contribution in [0.25, 0.3) is 0 Å². The first-order valence-electron chi connectivity index (χ1n) is 5.78. The number of nitrogens with one attached hydrogen (secondary N) is 1. The van der Waals surface area contributed by atoms with Gasteiger partial charge in [0.15, 0.2) is 0 Å². The number of benzene rings is 1. The summed E-state index contributed by atoms with van der Waals surface area (Å²) in [6.07, 6.45) is 0. The number of aliphatic carboxylic acids is 1. The summed E-state index contributed by atoms with van der Waals surface area (Å²) in [6.45, 7) is 1.13. The Morgan fingerprint density at radius 3 is 2.83 bits per heavy atom. The second-order valence-corrected chi connectivity index (χ2v) is 4.23. The zero-order valence-corrected chi connectivity index (χ0v) is 11.0. The summed E-state index contributed by atoms with van der Waals surface area (Å²) in [6, 6.07) is 7.20. The van der Waals surface area contributed by atoms with Crippen molar-refractivity contribution >= 4 is 5.97 Å². The number of hydrogen-bond acceptors (Lipinski definition) is 4. The van der Waals surface area contributed by atoms with Gasteiger partial charge in [-0.25, -0.2) is 0 Å². The molecule has 100 valence electrons. The van der Waals surface area contributed by atoms with Crippen molar-refractivity contribution in [1.82, 2.24) is 10.2 Å². The Kier molecular flexibility index (Phi) is 5.61. The van der Waals surface area contributed by atoms with Crippen molar-refractivity contribution in [2.75, 3.05) is 27.7 Å². The van der Waals surface area contributed by atoms with Gasteiger partial charge in [0.25, 0.3) is 0 Å². The van der Waals surface area contributed by atoms with Crippen LogP contribution < -0.4 is 10.1 Å². The molecule has 1 rings (SSSR count). The van der Waals surface area contributed by atoms with E-state index < -0.39 is 12.0 Å². The van der Waals surface area contributed by atoms with Crippen molar-refractivity contribution in [3.05, 3.63) is 29.8 Å². The third-order valence-corrected chi connectivity index (χ3v) is 2.73. The first kappa shape index (κ1) is 14.5. The molecule has 0 aliphatic rings. The molecular weight excluding hydrogens is 232 g/mol. The molecule has 1 aromatic carbocycles. The van der Waals surface area contributed by atoms with Gasteiger partial charge in [-0.05, 0) is 31.8 Å². The van der Waals surface area contributed by atoms with Gasteiger partial charge < -0.3 is 15.2 Å². The fourth-order valence-corrected chi connectivity index (χ4v) is 1.75. The average Bonchev–Trinajstić information content (AvgIpc) is 2.35. The maximum atomic E-state index is 10.9. The van der Waals surface area contributed by atoms with Crippen LogP contribution in [0.3, 0.4) is 0 Å². The molecule has 0 saturated heterocycles. The molecule has 0 bridgehead atoms. The number of methoxy groups -OCH3 is 1. The maximum Gasteiger partial charge on any atom is 0.322 e. The minimum atomic E-state index is -0.838. The molecule has 1 unspecified atom stereocenters. The summed E-state index contributed by atoms with van der Waals surface area (Å²) in [5, 5.41) is 11.7. The molecular formula is C13H20N2O3. The highest BCUT2D eigenvalue weighted by Crippen LogP contribution is 2.13. The first-order valence-corrected chi connectivity index (χ1v) is 5.78. The first-order chi connectivity index (χ1) is 8.56. The van der Waals surface area contributed by atoms with Crippen LogP contribution in [0.4, 0.5) is 0 Å². The lowest BCUT2D eigenvalue weighted by Gasteiger charge is -2.21. The lowest BCUT2D eigenvalue weighted by Crippen LogP contribution is -2.43. The third kappa shape index (κ3) is 4.35. The Labute approximate surface area is 107 Å². The monoisotopic (exact) mass is 252 g/mol. The summed E-state index contributed by atoms with van der Waals surface area (Å²) in [7, 11) is 5.18. The van der Waals surface area contributed by atoms with Gasteiger partial charge >= 0.3 is 5.97 Å². The van der Waals surface area contributed by atoms with Gasteiger partial charge in [-0.2, -0.15) is 0 Å². The molecule has 0 saturated carbocycles. The van der Waals surface area contributed by atoms with Gasteiger partial charge in [0.1, 0.15) is 11.8 Å². The number of nitrogens with zero attached hydrogens (tertiary/aromatic N) is 1. The molecule has 2 N–H and O–H groups in total. The highest BCUT2D eigenvalue weighted by atomic mass is 16.5. The largest absolute Gasteiger partial charge is 0.497 e. The normalized spacial score (nSPS) is 12.4. The second-order valence-electron chi connectivity index (χ2n) is 4.23. The zero-order chi connectivity index (χ0) is 13.5. The van der Waals surface area contributed by atoms with Crippen LogP contribution >= 0.6 is 0 Å². The number of rotatable bonds is 7. The van der Waals surface area contributed by atoms with E-state index in [-0.39, 0.29) is 0 Å². The summed E-state index contributed by atoms with van der Waals surface area (Å²) in [4.78, 5) is 12.9. The SMILES string of the molecule is CNC(CN(C)Cc1cccc(OC)c1)C(=O)O. The number of carboxylic acid groups (broad SMARTS) is 1. The molecule has 1 aromatic rings. The number of ether oxygens (including phenoxy) is 1. The van der Waals surface area contributed by atoms with Gasteiger partial charge in [-0.15, -0.1) is 0 Å². The molecule has 0 heterocycles. The summed E-state index contributed by atoms with van der Waals surface area (Å²) >= 11 is 0. The summed E-state index contributed by atoms with van der Waals surface area (Å²) in [5.41, 5.74) is 1.09. The average molecular weight is 252 g/mol. The van der Waals surface area contributed by atoms with Crippen molar-refractivity contribution in [3.63, 3.8) is 0 Å². The molecule has 0 aliphatic heterocycles. The predicted molar refractivity (Wildman–Crippen MR) is 69.8 cm³/mol. The van der Waals surface area contributed by atoms with E-state index in [4.69, 9.17) is 9.84 Å². The van der Waals surface area contributed by atoms with Crippen molar-refractivity contribution in [2.45, 2.75) is 12.6 Å². The molecule has 0 aromatic heterocycles. The molecule has 5 heteroatoms. The van der Waals surface area contributed by atoms with Crippen LogP contribution in [0, 0.1) is 0 Å². The van der Waals surface area contributed by atoms with E-state index in [1.807, 2.05) is 36.2 Å². The van der Waals surface area contributed by atoms with Crippen LogP contribution in [-0.2, 0) is 11.3 Å². The molecule has 0 amide bonds. The van der Waals surface area contributed by atoms with Crippen LogP contribution in [-0.4, -0.2) is 49.8 Å². The van der Waals surface area contributed by atoms with Crippen LogP contribution in [0.1, 0.15) is 5.56 Å². The molecule has 0 fully saturated rings. The van der Waals surface area contributed by atoms with E-state index in [0.717, 1.165) is 11.3 Å². The number of hydrogen-bond donors (Lipinski definition) is 2. The molecule has 18 heavy (non-hydrogen) atoms. The molecule has 0 radical (unpaired) electrons. The Morgan fingerprint density at radius 1 is 1.56 bits per heavy atom. The quantitative estimate of drug-likeness (QED) is 0.751. The second kappa shape index (κ2) is 6.98. The van der Waals surface area contributed by atoms with E-state index in [1.54, 1.807) is 14.2 Å². The minimum Gasteiger partial charge on any atom is -0.497 e. The van der Waals surface area contributed by atoms with Crippen LogP contribution in [0.5, 0.6) is 5.75 Å². The number of carboxylic acids is 1. The maximum absolute atomic E-state index is 10.9. The Balaban J connectivity index is 2.58. The lowest BCUT2D eigenvalue weighted by molar-refractivity contribution is -0.139. The van der Waals surface area contributed by atoms with E-state index >= 15 is 0 Å².